The van der Waals surface area contributed by atoms with Crippen LogP contribution >= 0.6 is 0 Å². The van der Waals surface area contributed by atoms with E-state index in [1.165, 1.54) is 0 Å². The predicted octanol–water partition coefficient (Wildman–Crippen LogP) is 3.67. The molecule has 2 aromatic carbocycles. The molecule has 1 fully saturated rings. The van der Waals surface area contributed by atoms with Gasteiger partial charge < -0.3 is 0 Å². The minimum atomic E-state index is 0.158. The van der Waals surface area contributed by atoms with Crippen LogP contribution in [0.5, 0.6) is 0 Å². The summed E-state index contributed by atoms with van der Waals surface area (Å²) < 4.78 is 0. The first-order chi connectivity index (χ1) is 10.7. The summed E-state index contributed by atoms with van der Waals surface area (Å²) in [5.41, 5.74) is 3.84. The van der Waals surface area contributed by atoms with E-state index in [0.29, 0.717) is 13.1 Å². The molecule has 0 saturated carbocycles. The highest BCUT2D eigenvalue weighted by molar-refractivity contribution is 6.14. The second-order valence-electron chi connectivity index (χ2n) is 5.66. The lowest BCUT2D eigenvalue weighted by atomic mass is 9.94. The van der Waals surface area contributed by atoms with Crippen LogP contribution in [-0.2, 0) is 4.79 Å². The van der Waals surface area contributed by atoms with Crippen LogP contribution in [0.25, 0.3) is 12.2 Å². The Bertz CT molecular complexity index is 652. The number of ketones is 1. The number of Topliss-reactive ketones (excluding diaryl/α,β-unsaturated/α-hetero) is 1. The third kappa shape index (κ3) is 3.41. The highest BCUT2D eigenvalue weighted by Crippen LogP contribution is 2.21. The largest absolute Gasteiger partial charge is 0.298 e. The van der Waals surface area contributed by atoms with Crippen LogP contribution in [-0.4, -0.2) is 30.8 Å². The van der Waals surface area contributed by atoms with Gasteiger partial charge in [-0.05, 0) is 30.3 Å². The van der Waals surface area contributed by atoms with E-state index >= 15 is 0 Å². The Kier molecular flexibility index (Phi) is 4.31. The molecular formula is C20H19NO. The molecule has 0 spiro atoms. The molecule has 2 nitrogen and oxygen atoms in total. The summed E-state index contributed by atoms with van der Waals surface area (Å²) in [6.45, 7) is 1.39. The predicted molar refractivity (Wildman–Crippen MR) is 91.3 cm³/mol. The molecule has 1 saturated heterocycles. The van der Waals surface area contributed by atoms with Gasteiger partial charge in [0.25, 0.3) is 0 Å². The number of piperidine rings is 1. The lowest BCUT2D eigenvalue weighted by Gasteiger charge is -2.26. The molecular weight excluding hydrogens is 270 g/mol. The summed E-state index contributed by atoms with van der Waals surface area (Å²) in [7, 11) is 2.05. The lowest BCUT2D eigenvalue weighted by molar-refractivity contribution is -0.113. The second-order valence-corrected chi connectivity index (χ2v) is 5.66. The molecule has 3 rings (SSSR count). The topological polar surface area (TPSA) is 20.3 Å². The van der Waals surface area contributed by atoms with Gasteiger partial charge in [0.15, 0.2) is 5.78 Å². The first kappa shape index (κ1) is 14.5. The van der Waals surface area contributed by atoms with Crippen LogP contribution in [0.3, 0.4) is 0 Å². The van der Waals surface area contributed by atoms with Crippen molar-refractivity contribution in [1.29, 1.82) is 0 Å². The monoisotopic (exact) mass is 289 g/mol. The van der Waals surface area contributed by atoms with E-state index in [-0.39, 0.29) is 5.78 Å². The lowest BCUT2D eigenvalue weighted by Crippen LogP contribution is -2.34. The smallest absolute Gasteiger partial charge is 0.187 e. The van der Waals surface area contributed by atoms with E-state index in [2.05, 4.69) is 4.90 Å². The van der Waals surface area contributed by atoms with E-state index in [1.54, 1.807) is 0 Å². The van der Waals surface area contributed by atoms with Gasteiger partial charge in [0.1, 0.15) is 0 Å². The molecule has 0 aliphatic carbocycles. The molecule has 1 heterocycles. The molecule has 1 aliphatic rings. The van der Waals surface area contributed by atoms with Gasteiger partial charge in [0, 0.05) is 24.2 Å². The highest BCUT2D eigenvalue weighted by Gasteiger charge is 2.23. The van der Waals surface area contributed by atoms with Gasteiger partial charge in [-0.2, -0.15) is 0 Å². The van der Waals surface area contributed by atoms with E-state index in [1.807, 2.05) is 79.9 Å². The molecule has 0 N–H and O–H groups in total. The zero-order chi connectivity index (χ0) is 15.4. The van der Waals surface area contributed by atoms with Crippen molar-refractivity contribution in [1.82, 2.24) is 4.90 Å². The standard InChI is InChI=1S/C20H19NO/c1-21-14-18(12-16-8-4-2-5-9-16)20(22)19(15-21)13-17-10-6-3-7-11-17/h2-13H,14-15H2,1H3/b18-12+,19-13?. The summed E-state index contributed by atoms with van der Waals surface area (Å²) in [5.74, 6) is 0.158. The maximum atomic E-state index is 12.7. The Morgan fingerprint density at radius 1 is 0.773 bits per heavy atom. The van der Waals surface area contributed by atoms with Gasteiger partial charge in [0.2, 0.25) is 0 Å². The zero-order valence-corrected chi connectivity index (χ0v) is 12.7. The van der Waals surface area contributed by atoms with E-state index < -0.39 is 0 Å². The van der Waals surface area contributed by atoms with Gasteiger partial charge in [-0.15, -0.1) is 0 Å². The third-order valence-electron chi connectivity index (χ3n) is 3.74. The Morgan fingerprint density at radius 2 is 1.18 bits per heavy atom. The van der Waals surface area contributed by atoms with Gasteiger partial charge in [-0.1, -0.05) is 60.7 Å². The summed E-state index contributed by atoms with van der Waals surface area (Å²) in [4.78, 5) is 14.9. The second kappa shape index (κ2) is 6.54. The molecule has 2 aromatic rings. The van der Waals surface area contributed by atoms with Crippen molar-refractivity contribution in [2.45, 2.75) is 0 Å². The number of nitrogens with zero attached hydrogens (tertiary/aromatic N) is 1. The minimum Gasteiger partial charge on any atom is -0.298 e. The van der Waals surface area contributed by atoms with Crippen molar-refractivity contribution in [2.75, 3.05) is 20.1 Å². The molecule has 2 heteroatoms. The van der Waals surface area contributed by atoms with Crippen LogP contribution in [0.4, 0.5) is 0 Å². The Hall–Kier alpha value is -2.45. The van der Waals surface area contributed by atoms with E-state index in [0.717, 1.165) is 22.3 Å². The van der Waals surface area contributed by atoms with Crippen molar-refractivity contribution in [3.05, 3.63) is 82.9 Å². The number of rotatable bonds is 2. The Balaban J connectivity index is 1.92. The quantitative estimate of drug-likeness (QED) is 0.786. The van der Waals surface area contributed by atoms with Crippen molar-refractivity contribution < 1.29 is 4.79 Å². The number of hydrogen-bond donors (Lipinski definition) is 0. The molecule has 0 aromatic heterocycles. The van der Waals surface area contributed by atoms with Gasteiger partial charge >= 0.3 is 0 Å². The van der Waals surface area contributed by atoms with Crippen LogP contribution < -0.4 is 0 Å². The number of likely N-dealkylation sites (tertiary alicyclic amines) is 1. The van der Waals surface area contributed by atoms with Crippen molar-refractivity contribution in [2.24, 2.45) is 0 Å². The molecule has 0 unspecified atom stereocenters. The average molecular weight is 289 g/mol. The molecule has 1 aliphatic heterocycles. The normalized spacial score (nSPS) is 19.8. The van der Waals surface area contributed by atoms with Gasteiger partial charge in [-0.25, -0.2) is 0 Å². The molecule has 0 atom stereocenters. The molecule has 110 valence electrons. The summed E-state index contributed by atoms with van der Waals surface area (Å²) in [6, 6.07) is 20.0. The summed E-state index contributed by atoms with van der Waals surface area (Å²) >= 11 is 0. The van der Waals surface area contributed by atoms with Crippen molar-refractivity contribution in [3.63, 3.8) is 0 Å². The first-order valence-corrected chi connectivity index (χ1v) is 7.47. The van der Waals surface area contributed by atoms with Crippen molar-refractivity contribution in [3.8, 4) is 0 Å². The Labute approximate surface area is 131 Å². The molecule has 0 amide bonds. The third-order valence-corrected chi connectivity index (χ3v) is 3.74. The fraction of sp³-hybridized carbons (Fsp3) is 0.150. The number of likely N-dealkylation sites (N-methyl/N-ethyl adjacent to an activating group) is 1. The van der Waals surface area contributed by atoms with E-state index in [9.17, 15) is 4.79 Å². The summed E-state index contributed by atoms with van der Waals surface area (Å²) in [6.07, 6.45) is 3.99. The maximum Gasteiger partial charge on any atom is 0.187 e. The fourth-order valence-electron chi connectivity index (χ4n) is 2.71. The number of carbonyl (C=O) groups is 1. The van der Waals surface area contributed by atoms with Crippen LogP contribution in [0.15, 0.2) is 71.8 Å². The molecule has 0 radical (unpaired) electrons. The number of hydrogen-bond acceptors (Lipinski definition) is 2. The molecule has 22 heavy (non-hydrogen) atoms. The maximum absolute atomic E-state index is 12.7. The highest BCUT2D eigenvalue weighted by atomic mass is 16.1. The van der Waals surface area contributed by atoms with Gasteiger partial charge in [-0.3, -0.25) is 9.69 Å². The minimum absolute atomic E-state index is 0.158. The number of benzene rings is 2. The van der Waals surface area contributed by atoms with Gasteiger partial charge in [0.05, 0.1) is 0 Å². The molecule has 0 bridgehead atoms. The van der Waals surface area contributed by atoms with Crippen LogP contribution in [0, 0.1) is 0 Å². The number of carbonyl (C=O) groups excluding carboxylic acids is 1. The average Bonchev–Trinajstić information content (AvgIpc) is 2.54. The zero-order valence-electron chi connectivity index (χ0n) is 12.7. The first-order valence-electron chi connectivity index (χ1n) is 7.47. The van der Waals surface area contributed by atoms with E-state index in [4.69, 9.17) is 0 Å². The van der Waals surface area contributed by atoms with Crippen LogP contribution in [0.1, 0.15) is 11.1 Å². The van der Waals surface area contributed by atoms with Crippen molar-refractivity contribution >= 4 is 17.9 Å². The van der Waals surface area contributed by atoms with Crippen LogP contribution in [0.2, 0.25) is 0 Å². The summed E-state index contributed by atoms with van der Waals surface area (Å²) in [5, 5.41) is 0. The SMILES string of the molecule is CN1CC(=Cc2ccccc2)C(=O)/C(=C/c2ccccc2)C1. The Morgan fingerprint density at radius 3 is 1.59 bits per heavy atom. The fourth-order valence-corrected chi connectivity index (χ4v) is 2.71.